The fourth-order valence-corrected chi connectivity index (χ4v) is 2.47. The highest BCUT2D eigenvalue weighted by atomic mass is 35.5. The number of benzene rings is 1. The van der Waals surface area contributed by atoms with Crippen molar-refractivity contribution in [2.75, 3.05) is 25.6 Å². The summed E-state index contributed by atoms with van der Waals surface area (Å²) in [7, 11) is 1.61. The Balaban J connectivity index is 1.98. The predicted octanol–water partition coefficient (Wildman–Crippen LogP) is 2.87. The molecular formula is C16H16ClFN6O2. The van der Waals surface area contributed by atoms with Crippen LogP contribution in [0.3, 0.4) is 0 Å². The van der Waals surface area contributed by atoms with Gasteiger partial charge in [-0.3, -0.25) is 10.7 Å². The summed E-state index contributed by atoms with van der Waals surface area (Å²) in [5, 5.41) is 12.5. The molecule has 2 aromatic heterocycles. The van der Waals surface area contributed by atoms with E-state index in [1.165, 1.54) is 18.2 Å². The summed E-state index contributed by atoms with van der Waals surface area (Å²) >= 11 is 5.77. The number of imidazole rings is 1. The number of amidine groups is 1. The maximum absolute atomic E-state index is 13.3. The number of ether oxygens (including phenoxy) is 1. The van der Waals surface area contributed by atoms with Crippen molar-refractivity contribution in [2.45, 2.75) is 0 Å². The van der Waals surface area contributed by atoms with E-state index < -0.39 is 5.82 Å². The Bertz CT molecular complexity index is 946. The lowest BCUT2D eigenvalue weighted by Crippen LogP contribution is -2.20. The molecule has 10 heteroatoms. The number of aromatic nitrogens is 3. The minimum absolute atomic E-state index is 0.0606. The van der Waals surface area contributed by atoms with E-state index in [0.29, 0.717) is 41.5 Å². The quantitative estimate of drug-likeness (QED) is 0.227. The SMILES string of the molecule is COCCNc1nc2nccc(C(=Nc3ccc(F)c(Cl)c3)NO)c2[nH]1. The summed E-state index contributed by atoms with van der Waals surface area (Å²) < 4.78 is 18.3. The highest BCUT2D eigenvalue weighted by molar-refractivity contribution is 6.31. The van der Waals surface area contributed by atoms with Gasteiger partial charge in [0.05, 0.1) is 22.8 Å². The minimum atomic E-state index is -0.546. The second-order valence-corrected chi connectivity index (χ2v) is 5.64. The number of rotatable bonds is 6. The van der Waals surface area contributed by atoms with Crippen molar-refractivity contribution in [3.63, 3.8) is 0 Å². The molecule has 0 amide bonds. The van der Waals surface area contributed by atoms with Crippen LogP contribution in [0, 0.1) is 5.82 Å². The molecule has 0 aliphatic rings. The van der Waals surface area contributed by atoms with Gasteiger partial charge in [-0.2, -0.15) is 4.98 Å². The van der Waals surface area contributed by atoms with Crippen molar-refractivity contribution >= 4 is 40.2 Å². The number of anilines is 1. The summed E-state index contributed by atoms with van der Waals surface area (Å²) in [5.74, 6) is 0.0991. The Morgan fingerprint density at radius 1 is 1.42 bits per heavy atom. The summed E-state index contributed by atoms with van der Waals surface area (Å²) in [6.45, 7) is 1.09. The van der Waals surface area contributed by atoms with E-state index in [4.69, 9.17) is 16.3 Å². The lowest BCUT2D eigenvalue weighted by Gasteiger charge is -2.06. The second-order valence-electron chi connectivity index (χ2n) is 5.23. The minimum Gasteiger partial charge on any atom is -0.383 e. The van der Waals surface area contributed by atoms with Crippen LogP contribution in [0.25, 0.3) is 11.2 Å². The van der Waals surface area contributed by atoms with Crippen molar-refractivity contribution in [1.82, 2.24) is 20.4 Å². The van der Waals surface area contributed by atoms with E-state index in [2.05, 4.69) is 30.7 Å². The Morgan fingerprint density at radius 3 is 3.00 bits per heavy atom. The van der Waals surface area contributed by atoms with Gasteiger partial charge in [-0.1, -0.05) is 11.6 Å². The number of pyridine rings is 1. The summed E-state index contributed by atoms with van der Waals surface area (Å²) in [4.78, 5) is 15.9. The molecule has 4 N–H and O–H groups in total. The number of fused-ring (bicyclic) bond motifs is 1. The molecule has 1 aromatic carbocycles. The Labute approximate surface area is 153 Å². The molecule has 0 saturated heterocycles. The van der Waals surface area contributed by atoms with Crippen LogP contribution >= 0.6 is 11.6 Å². The first-order valence-corrected chi connectivity index (χ1v) is 8.02. The van der Waals surface area contributed by atoms with E-state index in [-0.39, 0.29) is 10.9 Å². The number of halogens is 2. The maximum Gasteiger partial charge on any atom is 0.202 e. The first kappa shape index (κ1) is 18.1. The summed E-state index contributed by atoms with van der Waals surface area (Å²) in [5.41, 5.74) is 3.97. The van der Waals surface area contributed by atoms with Crippen LogP contribution in [0.15, 0.2) is 35.5 Å². The fraction of sp³-hybridized carbons (Fsp3) is 0.188. The molecule has 0 aliphatic heterocycles. The second kappa shape index (κ2) is 8.09. The smallest absolute Gasteiger partial charge is 0.202 e. The zero-order valence-electron chi connectivity index (χ0n) is 13.8. The number of H-pyrrole nitrogens is 1. The molecule has 0 aliphatic carbocycles. The van der Waals surface area contributed by atoms with Crippen molar-refractivity contribution < 1.29 is 14.3 Å². The Morgan fingerprint density at radius 2 is 2.27 bits per heavy atom. The number of hydrogen-bond donors (Lipinski definition) is 4. The van der Waals surface area contributed by atoms with Crippen molar-refractivity contribution in [1.29, 1.82) is 0 Å². The van der Waals surface area contributed by atoms with Crippen LogP contribution in [-0.4, -0.2) is 46.3 Å². The molecule has 0 fully saturated rings. The van der Waals surface area contributed by atoms with Crippen LogP contribution in [0.1, 0.15) is 5.56 Å². The highest BCUT2D eigenvalue weighted by Crippen LogP contribution is 2.23. The Kier molecular flexibility index (Phi) is 5.61. The third-order valence-corrected chi connectivity index (χ3v) is 3.79. The fourth-order valence-electron chi connectivity index (χ4n) is 2.29. The molecule has 0 bridgehead atoms. The molecule has 0 spiro atoms. The van der Waals surface area contributed by atoms with Gasteiger partial charge < -0.3 is 15.0 Å². The average molecular weight is 379 g/mol. The van der Waals surface area contributed by atoms with Crippen LogP contribution in [0.2, 0.25) is 5.02 Å². The van der Waals surface area contributed by atoms with Crippen LogP contribution in [0.5, 0.6) is 0 Å². The normalized spacial score (nSPS) is 11.8. The van der Waals surface area contributed by atoms with Gasteiger partial charge in [-0.05, 0) is 24.3 Å². The van der Waals surface area contributed by atoms with E-state index in [1.807, 2.05) is 0 Å². The molecule has 2 heterocycles. The molecule has 26 heavy (non-hydrogen) atoms. The number of hydroxylamine groups is 1. The number of nitrogens with zero attached hydrogens (tertiary/aromatic N) is 3. The average Bonchev–Trinajstić information content (AvgIpc) is 3.06. The van der Waals surface area contributed by atoms with Gasteiger partial charge in [-0.15, -0.1) is 0 Å². The number of aliphatic imine (C=N–C) groups is 1. The number of nitrogens with one attached hydrogen (secondary N) is 3. The molecule has 0 radical (unpaired) electrons. The molecule has 3 rings (SSSR count). The molecule has 0 unspecified atom stereocenters. The van der Waals surface area contributed by atoms with Gasteiger partial charge in [0.25, 0.3) is 0 Å². The molecule has 0 atom stereocenters. The van der Waals surface area contributed by atoms with Gasteiger partial charge in [0.2, 0.25) is 5.95 Å². The van der Waals surface area contributed by atoms with Crippen LogP contribution in [-0.2, 0) is 4.74 Å². The standard InChI is InChI=1S/C16H16ClFN6O2/c1-26-7-6-20-16-22-13-10(4-5-19-15(13)23-16)14(24-25)21-9-2-3-12(18)11(17)8-9/h2-5,8,25H,6-7H2,1H3,(H,21,24)(H2,19,20,22,23). The summed E-state index contributed by atoms with van der Waals surface area (Å²) in [6, 6.07) is 5.66. The zero-order valence-corrected chi connectivity index (χ0v) is 14.5. The van der Waals surface area contributed by atoms with E-state index in [9.17, 15) is 9.60 Å². The van der Waals surface area contributed by atoms with E-state index in [1.54, 1.807) is 19.4 Å². The molecule has 0 saturated carbocycles. The van der Waals surface area contributed by atoms with E-state index >= 15 is 0 Å². The highest BCUT2D eigenvalue weighted by Gasteiger charge is 2.13. The van der Waals surface area contributed by atoms with Crippen LogP contribution < -0.4 is 10.8 Å². The molecule has 136 valence electrons. The molecule has 3 aromatic rings. The topological polar surface area (TPSA) is 107 Å². The van der Waals surface area contributed by atoms with Gasteiger partial charge in [0, 0.05) is 25.4 Å². The first-order chi connectivity index (χ1) is 12.6. The van der Waals surface area contributed by atoms with Gasteiger partial charge >= 0.3 is 0 Å². The van der Waals surface area contributed by atoms with Gasteiger partial charge in [0.15, 0.2) is 11.5 Å². The van der Waals surface area contributed by atoms with Crippen molar-refractivity contribution in [3.8, 4) is 0 Å². The lowest BCUT2D eigenvalue weighted by molar-refractivity contribution is 0.210. The number of hydrogen-bond acceptors (Lipinski definition) is 6. The third kappa shape index (κ3) is 3.90. The Hall–Kier alpha value is -2.75. The predicted molar refractivity (Wildman–Crippen MR) is 96.8 cm³/mol. The maximum atomic E-state index is 13.3. The largest absolute Gasteiger partial charge is 0.383 e. The van der Waals surface area contributed by atoms with E-state index in [0.717, 1.165) is 0 Å². The monoisotopic (exact) mass is 378 g/mol. The van der Waals surface area contributed by atoms with Crippen molar-refractivity contribution in [3.05, 3.63) is 46.9 Å². The molecule has 8 nitrogen and oxygen atoms in total. The number of methoxy groups -OCH3 is 1. The third-order valence-electron chi connectivity index (χ3n) is 3.50. The number of aromatic amines is 1. The summed E-state index contributed by atoms with van der Waals surface area (Å²) in [6.07, 6.45) is 1.54. The molecular weight excluding hydrogens is 363 g/mol. The van der Waals surface area contributed by atoms with Gasteiger partial charge in [-0.25, -0.2) is 14.4 Å². The lowest BCUT2D eigenvalue weighted by atomic mass is 10.2. The zero-order chi connectivity index (χ0) is 18.5. The van der Waals surface area contributed by atoms with Crippen LogP contribution in [0.4, 0.5) is 16.0 Å². The van der Waals surface area contributed by atoms with Gasteiger partial charge in [0.1, 0.15) is 5.82 Å². The first-order valence-electron chi connectivity index (χ1n) is 7.64. The van der Waals surface area contributed by atoms with Crippen molar-refractivity contribution in [2.24, 2.45) is 4.99 Å².